The van der Waals surface area contributed by atoms with Crippen molar-refractivity contribution in [1.82, 2.24) is 19.9 Å². The van der Waals surface area contributed by atoms with Crippen molar-refractivity contribution in [1.29, 1.82) is 0 Å². The number of hydrogen-bond donors (Lipinski definition) is 1. The molecule has 4 heterocycles. The van der Waals surface area contributed by atoms with E-state index >= 15 is 0 Å². The van der Waals surface area contributed by atoms with Crippen LogP contribution in [0.4, 0.5) is 0 Å². The summed E-state index contributed by atoms with van der Waals surface area (Å²) in [7, 11) is 0. The molecule has 3 aromatic heterocycles. The third-order valence-electron chi connectivity index (χ3n) is 3.74. The molecule has 3 aromatic rings. The van der Waals surface area contributed by atoms with Crippen molar-refractivity contribution in [2.75, 3.05) is 6.54 Å². The number of thiazole rings is 1. The summed E-state index contributed by atoms with van der Waals surface area (Å²) in [6.45, 7) is 2.26. The van der Waals surface area contributed by atoms with E-state index in [9.17, 15) is 4.79 Å². The Labute approximate surface area is 130 Å². The molecular weight excluding hydrogens is 300 g/mol. The highest BCUT2D eigenvalue weighted by atomic mass is 32.1. The van der Waals surface area contributed by atoms with Gasteiger partial charge in [-0.05, 0) is 12.1 Å². The molecule has 6 nitrogen and oxygen atoms in total. The van der Waals surface area contributed by atoms with Crippen LogP contribution in [0.2, 0.25) is 0 Å². The second kappa shape index (κ2) is 5.51. The van der Waals surface area contributed by atoms with Gasteiger partial charge in [-0.25, -0.2) is 9.97 Å². The number of hydrogen-bond acceptors (Lipinski definition) is 6. The summed E-state index contributed by atoms with van der Waals surface area (Å²) in [5.74, 6) is 1.09. The van der Waals surface area contributed by atoms with E-state index in [0.29, 0.717) is 18.1 Å². The molecule has 0 bridgehead atoms. The van der Waals surface area contributed by atoms with Crippen LogP contribution >= 0.6 is 11.3 Å². The molecule has 0 atom stereocenters. The van der Waals surface area contributed by atoms with E-state index in [1.54, 1.807) is 29.7 Å². The topological polar surface area (TPSA) is 75.0 Å². The fourth-order valence-corrected chi connectivity index (χ4v) is 3.33. The van der Waals surface area contributed by atoms with E-state index in [2.05, 4.69) is 19.9 Å². The molecule has 1 aliphatic rings. The predicted octanol–water partition coefficient (Wildman–Crippen LogP) is 2.04. The molecule has 0 unspecified atom stereocenters. The molecule has 0 radical (unpaired) electrons. The maximum atomic E-state index is 12.4. The second-order valence-electron chi connectivity index (χ2n) is 5.20. The fraction of sp³-hybridized carbons (Fsp3) is 0.267. The third kappa shape index (κ3) is 2.49. The van der Waals surface area contributed by atoms with Gasteiger partial charge in [-0.15, -0.1) is 11.3 Å². The van der Waals surface area contributed by atoms with Gasteiger partial charge in [-0.3, -0.25) is 9.69 Å². The maximum absolute atomic E-state index is 12.4. The third-order valence-corrected chi connectivity index (χ3v) is 4.51. The highest BCUT2D eigenvalue weighted by Gasteiger charge is 2.22. The number of nitrogens with zero attached hydrogens (tertiary/aromatic N) is 3. The van der Waals surface area contributed by atoms with Gasteiger partial charge in [0.15, 0.2) is 11.6 Å². The van der Waals surface area contributed by atoms with E-state index in [-0.39, 0.29) is 5.56 Å². The molecule has 7 heteroatoms. The predicted molar refractivity (Wildman–Crippen MR) is 82.5 cm³/mol. The van der Waals surface area contributed by atoms with Gasteiger partial charge in [-0.1, -0.05) is 0 Å². The Balaban J connectivity index is 1.61. The van der Waals surface area contributed by atoms with Crippen molar-refractivity contribution in [2.24, 2.45) is 0 Å². The largest absolute Gasteiger partial charge is 0.461 e. The summed E-state index contributed by atoms with van der Waals surface area (Å²) < 4.78 is 5.31. The Morgan fingerprint density at radius 2 is 2.41 bits per heavy atom. The maximum Gasteiger partial charge on any atom is 0.256 e. The molecule has 0 spiro atoms. The zero-order valence-corrected chi connectivity index (χ0v) is 12.6. The minimum Gasteiger partial charge on any atom is -0.461 e. The first-order valence-electron chi connectivity index (χ1n) is 7.06. The van der Waals surface area contributed by atoms with Crippen LogP contribution in [0.25, 0.3) is 11.6 Å². The molecule has 0 saturated heterocycles. The Hall–Kier alpha value is -2.25. The van der Waals surface area contributed by atoms with Gasteiger partial charge in [0.2, 0.25) is 0 Å². The number of aromatic nitrogens is 3. The summed E-state index contributed by atoms with van der Waals surface area (Å²) in [4.78, 5) is 26.3. The molecule has 22 heavy (non-hydrogen) atoms. The summed E-state index contributed by atoms with van der Waals surface area (Å²) in [6.07, 6.45) is 4.14. The number of H-pyrrole nitrogens is 1. The molecule has 0 saturated carbocycles. The van der Waals surface area contributed by atoms with Crippen molar-refractivity contribution < 1.29 is 4.42 Å². The monoisotopic (exact) mass is 314 g/mol. The number of furan rings is 1. The molecule has 112 valence electrons. The summed E-state index contributed by atoms with van der Waals surface area (Å²) in [6, 6.07) is 3.58. The van der Waals surface area contributed by atoms with E-state index < -0.39 is 0 Å². The lowest BCUT2D eigenvalue weighted by molar-refractivity contribution is 0.241. The summed E-state index contributed by atoms with van der Waals surface area (Å²) in [5, 5.41) is 3.04. The first-order chi connectivity index (χ1) is 10.8. The normalized spacial score (nSPS) is 14.9. The molecular formula is C15H14N4O2S. The zero-order valence-electron chi connectivity index (χ0n) is 11.8. The average molecular weight is 314 g/mol. The molecule has 0 aromatic carbocycles. The van der Waals surface area contributed by atoms with Crippen molar-refractivity contribution in [2.45, 2.75) is 19.5 Å². The van der Waals surface area contributed by atoms with Crippen molar-refractivity contribution in [3.63, 3.8) is 0 Å². The van der Waals surface area contributed by atoms with Crippen LogP contribution in [-0.2, 0) is 19.5 Å². The lowest BCUT2D eigenvalue weighted by atomic mass is 10.1. The first kappa shape index (κ1) is 13.4. The zero-order chi connectivity index (χ0) is 14.9. The lowest BCUT2D eigenvalue weighted by Gasteiger charge is -2.26. The van der Waals surface area contributed by atoms with E-state index in [0.717, 1.165) is 35.8 Å². The van der Waals surface area contributed by atoms with Crippen molar-refractivity contribution >= 4 is 11.3 Å². The van der Waals surface area contributed by atoms with Crippen LogP contribution in [0, 0.1) is 0 Å². The molecule has 0 amide bonds. The minimum absolute atomic E-state index is 0.0831. The highest BCUT2D eigenvalue weighted by molar-refractivity contribution is 7.09. The quantitative estimate of drug-likeness (QED) is 0.801. The van der Waals surface area contributed by atoms with Gasteiger partial charge in [0, 0.05) is 31.1 Å². The van der Waals surface area contributed by atoms with Crippen molar-refractivity contribution in [3.8, 4) is 11.6 Å². The van der Waals surface area contributed by atoms with Crippen LogP contribution < -0.4 is 5.56 Å². The first-order valence-corrected chi connectivity index (χ1v) is 7.94. The molecule has 1 N–H and O–H groups in total. The molecule has 0 aliphatic carbocycles. The van der Waals surface area contributed by atoms with Crippen LogP contribution in [0.15, 0.2) is 39.2 Å². The number of rotatable bonds is 3. The van der Waals surface area contributed by atoms with Gasteiger partial charge in [-0.2, -0.15) is 0 Å². The highest BCUT2D eigenvalue weighted by Crippen LogP contribution is 2.20. The Bertz CT molecular complexity index is 824. The van der Waals surface area contributed by atoms with Crippen LogP contribution in [0.5, 0.6) is 0 Å². The number of fused-ring (bicyclic) bond motifs is 1. The average Bonchev–Trinajstić information content (AvgIpc) is 3.20. The van der Waals surface area contributed by atoms with E-state index in [4.69, 9.17) is 4.42 Å². The Morgan fingerprint density at radius 3 is 3.18 bits per heavy atom. The van der Waals surface area contributed by atoms with Crippen molar-refractivity contribution in [3.05, 3.63) is 56.6 Å². The van der Waals surface area contributed by atoms with Crippen LogP contribution in [0.1, 0.15) is 16.3 Å². The van der Waals surface area contributed by atoms with Gasteiger partial charge >= 0.3 is 0 Å². The number of nitrogens with one attached hydrogen (secondary N) is 1. The molecule has 1 aliphatic heterocycles. The second-order valence-corrected chi connectivity index (χ2v) is 6.18. The Morgan fingerprint density at radius 1 is 1.45 bits per heavy atom. The molecule has 4 rings (SSSR count). The van der Waals surface area contributed by atoms with Gasteiger partial charge in [0.05, 0.1) is 24.1 Å². The van der Waals surface area contributed by atoms with Gasteiger partial charge < -0.3 is 9.40 Å². The smallest absolute Gasteiger partial charge is 0.256 e. The summed E-state index contributed by atoms with van der Waals surface area (Å²) >= 11 is 1.64. The van der Waals surface area contributed by atoms with Crippen LogP contribution in [-0.4, -0.2) is 26.4 Å². The van der Waals surface area contributed by atoms with E-state index in [1.165, 1.54) is 0 Å². The van der Waals surface area contributed by atoms with Gasteiger partial charge in [0.25, 0.3) is 5.56 Å². The van der Waals surface area contributed by atoms with E-state index in [1.807, 2.05) is 11.6 Å². The summed E-state index contributed by atoms with van der Waals surface area (Å²) in [5.41, 5.74) is 1.53. The van der Waals surface area contributed by atoms with Crippen LogP contribution in [0.3, 0.4) is 0 Å². The standard InChI is InChI=1S/C15H14N4O2S/c20-15-10-8-19(9-13-16-4-7-22-13)5-3-11(10)17-14(18-15)12-2-1-6-21-12/h1-2,4,6-7H,3,5,8-9H2,(H,17,18,20). The SMILES string of the molecule is O=c1[nH]c(-c2ccco2)nc2c1CN(Cc1nccs1)CC2. The minimum atomic E-state index is -0.0831. The molecule has 0 fully saturated rings. The number of aromatic amines is 1. The fourth-order valence-electron chi connectivity index (χ4n) is 2.67. The Kier molecular flexibility index (Phi) is 3.36. The lowest BCUT2D eigenvalue weighted by Crippen LogP contribution is -2.35. The van der Waals surface area contributed by atoms with Gasteiger partial charge in [0.1, 0.15) is 5.01 Å².